The van der Waals surface area contributed by atoms with Crippen LogP contribution in [0, 0.1) is 0 Å². The van der Waals surface area contributed by atoms with Gasteiger partial charge in [-0.25, -0.2) is 9.97 Å². The number of hydrogen-bond acceptors (Lipinski definition) is 5. The Hall–Kier alpha value is -6.50. The molecule has 0 saturated heterocycles. The molecule has 4 aromatic heterocycles. The van der Waals surface area contributed by atoms with Crippen molar-refractivity contribution in [2.45, 2.75) is 0 Å². The zero-order chi connectivity index (χ0) is 32.8. The van der Waals surface area contributed by atoms with E-state index >= 15 is 0 Å². The highest BCUT2D eigenvalue weighted by molar-refractivity contribution is 7.25. The monoisotopic (exact) mass is 659 g/mol. The largest absolute Gasteiger partial charge is 0.436 e. The highest BCUT2D eigenvalue weighted by Crippen LogP contribution is 2.39. The second kappa shape index (κ2) is 10.5. The summed E-state index contributed by atoms with van der Waals surface area (Å²) in [5.74, 6) is 1.12. The molecule has 0 aliphatic carbocycles. The van der Waals surface area contributed by atoms with E-state index in [2.05, 4.69) is 126 Å². The predicted molar refractivity (Wildman–Crippen MR) is 205 cm³/mol. The molecule has 0 bridgehead atoms. The molecule has 0 amide bonds. The molecule has 11 aromatic rings. The summed E-state index contributed by atoms with van der Waals surface area (Å²) in [5.41, 5.74) is 10.5. The first kappa shape index (κ1) is 27.5. The first-order chi connectivity index (χ1) is 24.7. The molecule has 4 heterocycles. The number of rotatable bonds is 4. The van der Waals surface area contributed by atoms with Crippen LogP contribution in [0.5, 0.6) is 0 Å². The normalized spacial score (nSPS) is 12.0. The Morgan fingerprint density at radius 3 is 1.80 bits per heavy atom. The number of nitrogens with zero attached hydrogens (tertiary/aromatic N) is 3. The number of para-hydroxylation sites is 2. The van der Waals surface area contributed by atoms with Gasteiger partial charge in [0, 0.05) is 47.8 Å². The van der Waals surface area contributed by atoms with E-state index in [0.717, 1.165) is 61.0 Å². The minimum absolute atomic E-state index is 0.548. The highest BCUT2D eigenvalue weighted by atomic mass is 32.1. The highest BCUT2D eigenvalue weighted by Gasteiger charge is 2.17. The zero-order valence-electron chi connectivity index (χ0n) is 26.5. The molecule has 5 nitrogen and oxygen atoms in total. The van der Waals surface area contributed by atoms with Crippen LogP contribution in [-0.2, 0) is 0 Å². The van der Waals surface area contributed by atoms with Crippen LogP contribution in [0.3, 0.4) is 0 Å². The average Bonchev–Trinajstić information content (AvgIpc) is 3.95. The Bertz CT molecular complexity index is 3110. The van der Waals surface area contributed by atoms with Gasteiger partial charge in [-0.3, -0.25) is 0 Å². The van der Waals surface area contributed by atoms with Crippen LogP contribution < -0.4 is 0 Å². The maximum absolute atomic E-state index is 6.39. The topological polar surface area (TPSA) is 57.0 Å². The summed E-state index contributed by atoms with van der Waals surface area (Å²) in [5, 5.41) is 4.91. The van der Waals surface area contributed by atoms with Crippen molar-refractivity contribution in [1.82, 2.24) is 14.5 Å². The summed E-state index contributed by atoms with van der Waals surface area (Å²) in [6.07, 6.45) is 0. The fourth-order valence-electron chi connectivity index (χ4n) is 7.28. The second-order valence-corrected chi connectivity index (χ2v) is 13.7. The summed E-state index contributed by atoms with van der Waals surface area (Å²) in [4.78, 5) is 9.70. The van der Waals surface area contributed by atoms with Gasteiger partial charge < -0.3 is 13.4 Å². The summed E-state index contributed by atoms with van der Waals surface area (Å²) >= 11 is 1.83. The van der Waals surface area contributed by atoms with Gasteiger partial charge >= 0.3 is 0 Å². The molecule has 0 spiro atoms. The molecule has 50 heavy (non-hydrogen) atoms. The molecule has 0 saturated carbocycles. The van der Waals surface area contributed by atoms with Gasteiger partial charge in [0.1, 0.15) is 11.0 Å². The van der Waals surface area contributed by atoms with E-state index < -0.39 is 0 Å². The zero-order valence-corrected chi connectivity index (χ0v) is 27.3. The Kier molecular flexibility index (Phi) is 5.76. The standard InChI is InChI=1S/C44H25N3O2S/c1-2-8-30(9-3-1)47-37-12-6-4-10-31(37)33-23-28(16-20-38(33)47)43-45-36-19-15-29(25-40(36)49-43)44-46-35-18-14-27(24-39(35)48-44)26-17-21-42-34(22-26)32-11-5-7-13-41(32)50-42/h1-25H. The molecule has 0 unspecified atom stereocenters. The van der Waals surface area contributed by atoms with Crippen molar-refractivity contribution >= 4 is 75.5 Å². The summed E-state index contributed by atoms with van der Waals surface area (Å²) in [6.45, 7) is 0. The lowest BCUT2D eigenvalue weighted by atomic mass is 10.0. The van der Waals surface area contributed by atoms with Gasteiger partial charge in [-0.05, 0) is 96.1 Å². The average molecular weight is 660 g/mol. The van der Waals surface area contributed by atoms with Crippen molar-refractivity contribution in [2.24, 2.45) is 0 Å². The van der Waals surface area contributed by atoms with E-state index in [0.29, 0.717) is 17.4 Å². The molecule has 6 heteroatoms. The number of aromatic nitrogens is 3. The quantitative estimate of drug-likeness (QED) is 0.189. The van der Waals surface area contributed by atoms with E-state index in [1.807, 2.05) is 41.7 Å². The summed E-state index contributed by atoms with van der Waals surface area (Å²) in [7, 11) is 0. The van der Waals surface area contributed by atoms with Crippen LogP contribution in [0.15, 0.2) is 160 Å². The summed E-state index contributed by atoms with van der Waals surface area (Å²) in [6, 6.07) is 52.8. The first-order valence-corrected chi connectivity index (χ1v) is 17.4. The summed E-state index contributed by atoms with van der Waals surface area (Å²) < 4.78 is 17.6. The third-order valence-electron chi connectivity index (χ3n) is 9.67. The lowest BCUT2D eigenvalue weighted by Crippen LogP contribution is -1.92. The lowest BCUT2D eigenvalue weighted by Gasteiger charge is -2.07. The van der Waals surface area contributed by atoms with Gasteiger partial charge in [0.15, 0.2) is 11.2 Å². The number of fused-ring (bicyclic) bond motifs is 8. The lowest BCUT2D eigenvalue weighted by molar-refractivity contribution is 0.614. The van der Waals surface area contributed by atoms with E-state index in [-0.39, 0.29) is 0 Å². The molecule has 11 rings (SSSR count). The van der Waals surface area contributed by atoms with Crippen LogP contribution in [0.1, 0.15) is 0 Å². The molecule has 234 valence electrons. The molecule has 0 fully saturated rings. The fourth-order valence-corrected chi connectivity index (χ4v) is 8.36. The molecule has 0 aliphatic rings. The number of hydrogen-bond donors (Lipinski definition) is 0. The van der Waals surface area contributed by atoms with E-state index in [1.165, 1.54) is 25.6 Å². The van der Waals surface area contributed by atoms with Gasteiger partial charge in [0.2, 0.25) is 11.8 Å². The minimum Gasteiger partial charge on any atom is -0.436 e. The molecule has 0 N–H and O–H groups in total. The van der Waals surface area contributed by atoms with Crippen LogP contribution in [-0.4, -0.2) is 14.5 Å². The van der Waals surface area contributed by atoms with Gasteiger partial charge in [0.25, 0.3) is 0 Å². The molecule has 0 atom stereocenters. The maximum atomic E-state index is 6.39. The fraction of sp³-hybridized carbons (Fsp3) is 0. The van der Waals surface area contributed by atoms with Crippen molar-refractivity contribution in [3.05, 3.63) is 152 Å². The molecule has 0 aliphatic heterocycles. The van der Waals surface area contributed by atoms with Crippen LogP contribution in [0.2, 0.25) is 0 Å². The van der Waals surface area contributed by atoms with Gasteiger partial charge in [-0.2, -0.15) is 0 Å². The Morgan fingerprint density at radius 2 is 0.980 bits per heavy atom. The second-order valence-electron chi connectivity index (χ2n) is 12.6. The van der Waals surface area contributed by atoms with E-state index in [4.69, 9.17) is 18.8 Å². The SMILES string of the molecule is c1ccc(-n2c3ccccc3c3cc(-c4nc5ccc(-c6nc7ccc(-c8ccc9sc%10ccccc%10c9c8)cc7o6)cc5o4)ccc32)cc1. The Morgan fingerprint density at radius 1 is 0.420 bits per heavy atom. The van der Waals surface area contributed by atoms with Gasteiger partial charge in [0.05, 0.1) is 11.0 Å². The van der Waals surface area contributed by atoms with Crippen molar-refractivity contribution in [1.29, 1.82) is 0 Å². The Labute approximate surface area is 289 Å². The van der Waals surface area contributed by atoms with Crippen molar-refractivity contribution < 1.29 is 8.83 Å². The third kappa shape index (κ3) is 4.19. The predicted octanol–water partition coefficient (Wildman–Crippen LogP) is 12.4. The first-order valence-electron chi connectivity index (χ1n) is 16.6. The molecular formula is C44H25N3O2S. The van der Waals surface area contributed by atoms with Crippen LogP contribution in [0.25, 0.3) is 104 Å². The van der Waals surface area contributed by atoms with E-state index in [9.17, 15) is 0 Å². The maximum Gasteiger partial charge on any atom is 0.227 e. The van der Waals surface area contributed by atoms with Gasteiger partial charge in [-0.15, -0.1) is 11.3 Å². The van der Waals surface area contributed by atoms with Crippen molar-refractivity contribution in [3.63, 3.8) is 0 Å². The molecule has 7 aromatic carbocycles. The van der Waals surface area contributed by atoms with Crippen LogP contribution >= 0.6 is 11.3 Å². The number of benzene rings is 7. The van der Waals surface area contributed by atoms with Crippen molar-refractivity contribution in [3.8, 4) is 39.7 Å². The van der Waals surface area contributed by atoms with E-state index in [1.54, 1.807) is 0 Å². The Balaban J connectivity index is 0.953. The van der Waals surface area contributed by atoms with Crippen LogP contribution in [0.4, 0.5) is 0 Å². The smallest absolute Gasteiger partial charge is 0.227 e. The van der Waals surface area contributed by atoms with Gasteiger partial charge in [-0.1, -0.05) is 66.7 Å². The minimum atomic E-state index is 0.548. The molecule has 0 radical (unpaired) electrons. The van der Waals surface area contributed by atoms with Crippen molar-refractivity contribution in [2.75, 3.05) is 0 Å². The third-order valence-corrected chi connectivity index (χ3v) is 10.8. The molecular weight excluding hydrogens is 635 g/mol. The number of thiophene rings is 1. The number of oxazole rings is 2.